The SMILES string of the molecule is C[C@@H]1CCN(c2ncccc2C(F)(F)F)C1. The summed E-state index contributed by atoms with van der Waals surface area (Å²) in [5, 5.41) is 0. The highest BCUT2D eigenvalue weighted by Gasteiger charge is 2.36. The molecular formula is C11H13F3N2. The lowest BCUT2D eigenvalue weighted by atomic mass is 10.2. The van der Waals surface area contributed by atoms with E-state index in [1.165, 1.54) is 12.3 Å². The van der Waals surface area contributed by atoms with E-state index < -0.39 is 11.7 Å². The molecule has 88 valence electrons. The van der Waals surface area contributed by atoms with E-state index in [0.717, 1.165) is 12.5 Å². The first-order valence-electron chi connectivity index (χ1n) is 5.25. The zero-order valence-corrected chi connectivity index (χ0v) is 8.96. The fraction of sp³-hybridized carbons (Fsp3) is 0.545. The molecule has 1 aliphatic rings. The van der Waals surface area contributed by atoms with Crippen molar-refractivity contribution in [2.24, 2.45) is 5.92 Å². The number of nitrogens with zero attached hydrogens (tertiary/aromatic N) is 2. The molecule has 0 radical (unpaired) electrons. The van der Waals surface area contributed by atoms with Gasteiger partial charge in [-0.1, -0.05) is 6.92 Å². The van der Waals surface area contributed by atoms with Crippen LogP contribution >= 0.6 is 0 Å². The molecule has 0 aromatic carbocycles. The van der Waals surface area contributed by atoms with Crippen molar-refractivity contribution in [3.63, 3.8) is 0 Å². The molecule has 2 nitrogen and oxygen atoms in total. The van der Waals surface area contributed by atoms with E-state index in [2.05, 4.69) is 4.98 Å². The summed E-state index contributed by atoms with van der Waals surface area (Å²) >= 11 is 0. The summed E-state index contributed by atoms with van der Waals surface area (Å²) < 4.78 is 38.2. The van der Waals surface area contributed by atoms with Gasteiger partial charge in [-0.3, -0.25) is 0 Å². The van der Waals surface area contributed by atoms with Gasteiger partial charge in [-0.15, -0.1) is 0 Å². The normalized spacial score (nSPS) is 21.5. The van der Waals surface area contributed by atoms with Crippen molar-refractivity contribution >= 4 is 5.82 Å². The first-order chi connectivity index (χ1) is 7.48. The molecule has 0 N–H and O–H groups in total. The molecule has 0 saturated carbocycles. The molecule has 0 bridgehead atoms. The van der Waals surface area contributed by atoms with Crippen LogP contribution in [0.1, 0.15) is 18.9 Å². The number of hydrogen-bond acceptors (Lipinski definition) is 2. The maximum absolute atomic E-state index is 12.7. The van der Waals surface area contributed by atoms with Gasteiger partial charge in [0.2, 0.25) is 0 Å². The minimum absolute atomic E-state index is 0.0688. The molecule has 0 spiro atoms. The number of hydrogen-bond donors (Lipinski definition) is 0. The summed E-state index contributed by atoms with van der Waals surface area (Å²) in [5.74, 6) is 0.502. The van der Waals surface area contributed by atoms with Gasteiger partial charge < -0.3 is 4.90 Å². The lowest BCUT2D eigenvalue weighted by Gasteiger charge is -2.21. The minimum atomic E-state index is -4.32. The number of aromatic nitrogens is 1. The number of rotatable bonds is 1. The zero-order valence-electron chi connectivity index (χ0n) is 8.96. The summed E-state index contributed by atoms with van der Waals surface area (Å²) in [6.07, 6.45) is -1.99. The first kappa shape index (κ1) is 11.2. The van der Waals surface area contributed by atoms with Crippen molar-refractivity contribution in [3.8, 4) is 0 Å². The fourth-order valence-electron chi connectivity index (χ4n) is 2.00. The van der Waals surface area contributed by atoms with Crippen LogP contribution in [-0.4, -0.2) is 18.1 Å². The van der Waals surface area contributed by atoms with E-state index in [9.17, 15) is 13.2 Å². The van der Waals surface area contributed by atoms with E-state index in [0.29, 0.717) is 19.0 Å². The van der Waals surface area contributed by atoms with Crippen molar-refractivity contribution in [1.29, 1.82) is 0 Å². The molecule has 0 unspecified atom stereocenters. The highest BCUT2D eigenvalue weighted by atomic mass is 19.4. The first-order valence-corrected chi connectivity index (χ1v) is 5.25. The average molecular weight is 230 g/mol. The Bertz CT molecular complexity index is 376. The van der Waals surface area contributed by atoms with E-state index in [4.69, 9.17) is 0 Å². The molecule has 2 heterocycles. The smallest absolute Gasteiger partial charge is 0.356 e. The Hall–Kier alpha value is -1.26. The van der Waals surface area contributed by atoms with Crippen molar-refractivity contribution in [2.45, 2.75) is 19.5 Å². The maximum Gasteiger partial charge on any atom is 0.419 e. The molecule has 1 aromatic heterocycles. The van der Waals surface area contributed by atoms with E-state index in [-0.39, 0.29) is 5.82 Å². The zero-order chi connectivity index (χ0) is 11.8. The van der Waals surface area contributed by atoms with Crippen LogP contribution in [0.25, 0.3) is 0 Å². The quantitative estimate of drug-likeness (QED) is 0.737. The Morgan fingerprint density at radius 1 is 1.44 bits per heavy atom. The lowest BCUT2D eigenvalue weighted by Crippen LogP contribution is -2.24. The third-order valence-electron chi connectivity index (χ3n) is 2.82. The standard InChI is InChI=1S/C11H13F3N2/c1-8-4-6-16(7-8)10-9(11(12,13)14)3-2-5-15-10/h2-3,5,8H,4,6-7H2,1H3/t8-/m1/s1. The molecule has 0 amide bonds. The Balaban J connectivity index is 2.34. The van der Waals surface area contributed by atoms with Gasteiger partial charge in [0.25, 0.3) is 0 Å². The Morgan fingerprint density at radius 3 is 2.75 bits per heavy atom. The summed E-state index contributed by atoms with van der Waals surface area (Å²) in [6.45, 7) is 3.34. The van der Waals surface area contributed by atoms with Gasteiger partial charge in [0.1, 0.15) is 5.82 Å². The summed E-state index contributed by atoms with van der Waals surface area (Å²) in [7, 11) is 0. The number of anilines is 1. The fourth-order valence-corrected chi connectivity index (χ4v) is 2.00. The van der Waals surface area contributed by atoms with Gasteiger partial charge in [-0.25, -0.2) is 4.98 Å². The van der Waals surface area contributed by atoms with Crippen molar-refractivity contribution in [1.82, 2.24) is 4.98 Å². The second kappa shape index (κ2) is 3.96. The maximum atomic E-state index is 12.7. The van der Waals surface area contributed by atoms with Crippen molar-refractivity contribution < 1.29 is 13.2 Å². The molecule has 16 heavy (non-hydrogen) atoms. The molecular weight excluding hydrogens is 217 g/mol. The van der Waals surface area contributed by atoms with Crippen LogP contribution in [0.4, 0.5) is 19.0 Å². The highest BCUT2D eigenvalue weighted by molar-refractivity contribution is 5.49. The molecule has 1 saturated heterocycles. The molecule has 1 aromatic rings. The topological polar surface area (TPSA) is 16.1 Å². The van der Waals surface area contributed by atoms with Gasteiger partial charge in [-0.2, -0.15) is 13.2 Å². The molecule has 1 aliphatic heterocycles. The summed E-state index contributed by atoms with van der Waals surface area (Å²) in [6, 6.07) is 2.41. The predicted octanol–water partition coefficient (Wildman–Crippen LogP) is 2.95. The second-order valence-corrected chi connectivity index (χ2v) is 4.21. The van der Waals surface area contributed by atoms with Crippen molar-refractivity contribution in [3.05, 3.63) is 23.9 Å². The lowest BCUT2D eigenvalue weighted by molar-refractivity contribution is -0.137. The summed E-state index contributed by atoms with van der Waals surface area (Å²) in [5.41, 5.74) is -0.635. The van der Waals surface area contributed by atoms with Gasteiger partial charge in [-0.05, 0) is 24.5 Å². The van der Waals surface area contributed by atoms with Crippen LogP contribution in [0.5, 0.6) is 0 Å². The summed E-state index contributed by atoms with van der Waals surface area (Å²) in [4.78, 5) is 5.58. The van der Waals surface area contributed by atoms with Crippen LogP contribution < -0.4 is 4.90 Å². The van der Waals surface area contributed by atoms with Gasteiger partial charge >= 0.3 is 6.18 Å². The predicted molar refractivity (Wildman–Crippen MR) is 55.2 cm³/mol. The Kier molecular flexibility index (Phi) is 2.78. The Morgan fingerprint density at radius 2 is 2.19 bits per heavy atom. The number of halogens is 3. The monoisotopic (exact) mass is 230 g/mol. The van der Waals surface area contributed by atoms with Crippen LogP contribution in [0.15, 0.2) is 18.3 Å². The largest absolute Gasteiger partial charge is 0.419 e. The number of alkyl halides is 3. The van der Waals surface area contributed by atoms with Gasteiger partial charge in [0, 0.05) is 19.3 Å². The third-order valence-corrected chi connectivity index (χ3v) is 2.82. The van der Waals surface area contributed by atoms with Crippen LogP contribution in [0.3, 0.4) is 0 Å². The Labute approximate surface area is 92.1 Å². The number of pyridine rings is 1. The second-order valence-electron chi connectivity index (χ2n) is 4.21. The molecule has 0 aliphatic carbocycles. The highest BCUT2D eigenvalue weighted by Crippen LogP contribution is 2.36. The molecule has 1 fully saturated rings. The molecule has 1 atom stereocenters. The van der Waals surface area contributed by atoms with Gasteiger partial charge in [0.15, 0.2) is 0 Å². The van der Waals surface area contributed by atoms with E-state index in [1.807, 2.05) is 6.92 Å². The van der Waals surface area contributed by atoms with E-state index in [1.54, 1.807) is 4.90 Å². The van der Waals surface area contributed by atoms with E-state index >= 15 is 0 Å². The van der Waals surface area contributed by atoms with Crippen LogP contribution in [0, 0.1) is 5.92 Å². The van der Waals surface area contributed by atoms with Crippen LogP contribution in [0.2, 0.25) is 0 Å². The average Bonchev–Trinajstić information content (AvgIpc) is 2.64. The van der Waals surface area contributed by atoms with Crippen LogP contribution in [-0.2, 0) is 6.18 Å². The minimum Gasteiger partial charge on any atom is -0.356 e. The van der Waals surface area contributed by atoms with Crippen molar-refractivity contribution in [2.75, 3.05) is 18.0 Å². The van der Waals surface area contributed by atoms with Gasteiger partial charge in [0.05, 0.1) is 5.56 Å². The molecule has 2 rings (SSSR count). The molecule has 5 heteroatoms. The third kappa shape index (κ3) is 2.13.